The molecule has 9 atom stereocenters. The van der Waals surface area contributed by atoms with Gasteiger partial charge in [-0.25, -0.2) is 19.2 Å². The van der Waals surface area contributed by atoms with E-state index in [4.69, 9.17) is 42.1 Å². The average molecular weight is 1120 g/mol. The SMILES string of the molecule is COc1c(Cl)cc(Cc2cc(C(=CCC[C@H]3CC[C@@]4(C)[C@@H](CC[C@@H]5[C@@H]4CC[C@]4(C)[C@@H]([C@H](C)CCCC(C)C)CC[C@@H]54)C3)c3cc(Cc4cc(Cl)c(OC)c(C(=O)O)c4)c(OC)c(C(=O)O)c3)cc(C(=O)O)c2OC)cc1C(=O)O. The first-order valence-corrected chi connectivity index (χ1v) is 29.1. The Kier molecular flexibility index (Phi) is 18.5. The average Bonchev–Trinajstić information content (AvgIpc) is 3.83. The van der Waals surface area contributed by atoms with Crippen molar-refractivity contribution in [2.75, 3.05) is 28.4 Å². The molecule has 4 fully saturated rings. The molecule has 0 bridgehead atoms. The summed E-state index contributed by atoms with van der Waals surface area (Å²) in [5.41, 5.74) is 3.30. The topological polar surface area (TPSA) is 186 Å². The lowest BCUT2D eigenvalue weighted by atomic mass is 9.44. The molecule has 12 nitrogen and oxygen atoms in total. The standard InChI is InChI=1S/C65H80Cl2O12/c1-35(2)12-10-13-36(3)51-18-19-52-46-17-16-44-26-37(20-22-64(44,4)53(46)21-23-65(51,52)5)14-11-15-45(40-31-42(56(76-6)49(33-40)62(72)73)24-38-27-47(60(68)69)58(78-8)54(66)29-38)41-32-43(57(77-7)50(34-41)63(74)75)25-39-28-48(61(70)71)59(79-9)55(67)30-39/h15,27-37,44,46,51-53H,10-14,16-26H2,1-9H3,(H,68,69)(H,70,71)(H,72,73)(H,74,75)/t36-,37+,44+,46+,51-,52+,53+,64+,65-/m1/s1. The van der Waals surface area contributed by atoms with Crippen molar-refractivity contribution < 1.29 is 58.6 Å². The van der Waals surface area contributed by atoms with Gasteiger partial charge in [0, 0.05) is 12.8 Å². The normalized spacial score (nSPS) is 24.6. The highest BCUT2D eigenvalue weighted by molar-refractivity contribution is 6.33. The first-order chi connectivity index (χ1) is 37.6. The minimum atomic E-state index is -1.27. The highest BCUT2D eigenvalue weighted by Crippen LogP contribution is 2.69. The number of rotatable bonds is 22. The third kappa shape index (κ3) is 12.0. The summed E-state index contributed by atoms with van der Waals surface area (Å²) in [6.45, 7) is 12.5. The molecule has 4 N–H and O–H groups in total. The van der Waals surface area contributed by atoms with Gasteiger partial charge in [0.15, 0.2) is 11.5 Å². The number of methoxy groups -OCH3 is 4. The molecule has 0 unspecified atom stereocenters. The Morgan fingerprint density at radius 1 is 0.595 bits per heavy atom. The summed E-state index contributed by atoms with van der Waals surface area (Å²) in [5, 5.41) is 41.9. The van der Waals surface area contributed by atoms with E-state index in [0.717, 1.165) is 54.8 Å². The van der Waals surface area contributed by atoms with Gasteiger partial charge in [0.25, 0.3) is 0 Å². The van der Waals surface area contributed by atoms with Gasteiger partial charge in [0.1, 0.15) is 33.8 Å². The maximum Gasteiger partial charge on any atom is 0.339 e. The Morgan fingerprint density at radius 2 is 1.08 bits per heavy atom. The van der Waals surface area contributed by atoms with E-state index in [1.54, 1.807) is 24.3 Å². The highest BCUT2D eigenvalue weighted by Gasteiger charge is 2.60. The van der Waals surface area contributed by atoms with Crippen LogP contribution in [-0.4, -0.2) is 72.7 Å². The number of carboxylic acid groups (broad SMARTS) is 4. The number of carbonyl (C=O) groups is 4. The van der Waals surface area contributed by atoms with Crippen LogP contribution < -0.4 is 18.9 Å². The Hall–Kier alpha value is -5.72. The number of hydrogen-bond donors (Lipinski definition) is 4. The summed E-state index contributed by atoms with van der Waals surface area (Å²) in [4.78, 5) is 51.3. The van der Waals surface area contributed by atoms with E-state index in [9.17, 15) is 39.6 Å². The van der Waals surface area contributed by atoms with Gasteiger partial charge < -0.3 is 39.4 Å². The Labute approximate surface area is 476 Å². The van der Waals surface area contributed by atoms with Crippen LogP contribution in [0.15, 0.2) is 54.6 Å². The minimum Gasteiger partial charge on any atom is -0.496 e. The van der Waals surface area contributed by atoms with Gasteiger partial charge in [0.05, 0.1) is 38.5 Å². The van der Waals surface area contributed by atoms with Gasteiger partial charge in [-0.05, 0) is 216 Å². The van der Waals surface area contributed by atoms with Crippen molar-refractivity contribution in [3.8, 4) is 23.0 Å². The molecule has 0 radical (unpaired) electrons. The van der Waals surface area contributed by atoms with Crippen molar-refractivity contribution in [2.45, 2.75) is 137 Å². The van der Waals surface area contributed by atoms with Crippen LogP contribution in [0.2, 0.25) is 10.0 Å². The number of hydrogen-bond acceptors (Lipinski definition) is 8. The van der Waals surface area contributed by atoms with Crippen LogP contribution >= 0.6 is 23.2 Å². The molecule has 0 heterocycles. The van der Waals surface area contributed by atoms with Gasteiger partial charge in [-0.15, -0.1) is 0 Å². The van der Waals surface area contributed by atoms with E-state index in [0.29, 0.717) is 68.0 Å². The number of fused-ring (bicyclic) bond motifs is 5. The number of allylic oxidation sites excluding steroid dienone is 1. The van der Waals surface area contributed by atoms with E-state index in [2.05, 4.69) is 40.7 Å². The van der Waals surface area contributed by atoms with E-state index < -0.39 is 23.9 Å². The maximum absolute atomic E-state index is 13.3. The second kappa shape index (κ2) is 24.6. The zero-order valence-corrected chi connectivity index (χ0v) is 49.0. The quantitative estimate of drug-likeness (QED) is 0.0584. The van der Waals surface area contributed by atoms with Crippen LogP contribution in [0.5, 0.6) is 23.0 Å². The van der Waals surface area contributed by atoms with E-state index >= 15 is 0 Å². The van der Waals surface area contributed by atoms with Crippen molar-refractivity contribution in [1.82, 2.24) is 0 Å². The molecule has 4 aromatic carbocycles. The zero-order valence-electron chi connectivity index (χ0n) is 47.4. The highest BCUT2D eigenvalue weighted by atomic mass is 35.5. The van der Waals surface area contributed by atoms with Crippen LogP contribution in [0, 0.1) is 58.2 Å². The number of benzene rings is 4. The summed E-state index contributed by atoms with van der Waals surface area (Å²) in [5.74, 6) is 0.861. The van der Waals surface area contributed by atoms with Gasteiger partial charge in [0.2, 0.25) is 0 Å². The molecule has 0 amide bonds. The van der Waals surface area contributed by atoms with Crippen molar-refractivity contribution >= 4 is 52.7 Å². The summed E-state index contributed by atoms with van der Waals surface area (Å²) in [7, 11) is 5.40. The predicted octanol–water partition coefficient (Wildman–Crippen LogP) is 16.0. The first kappa shape index (κ1) is 59.4. The fraction of sp³-hybridized carbons (Fsp3) is 0.538. The smallest absolute Gasteiger partial charge is 0.339 e. The van der Waals surface area contributed by atoms with Crippen molar-refractivity contribution in [2.24, 2.45) is 58.2 Å². The van der Waals surface area contributed by atoms with Crippen LogP contribution in [0.25, 0.3) is 5.57 Å². The first-order valence-electron chi connectivity index (χ1n) is 28.4. The molecule has 79 heavy (non-hydrogen) atoms. The number of halogens is 2. The van der Waals surface area contributed by atoms with Gasteiger partial charge in [-0.1, -0.05) is 83.2 Å². The van der Waals surface area contributed by atoms with Crippen LogP contribution in [0.4, 0.5) is 0 Å². The number of carboxylic acids is 4. The summed E-state index contributed by atoms with van der Waals surface area (Å²) in [6, 6.07) is 12.6. The molecule has 14 heteroatoms. The molecule has 4 saturated carbocycles. The molecule has 4 aromatic rings. The molecule has 0 spiro atoms. The van der Waals surface area contributed by atoms with Gasteiger partial charge in [-0.3, -0.25) is 0 Å². The molecule has 8 rings (SSSR count). The minimum absolute atomic E-state index is 0.00909. The third-order valence-electron chi connectivity index (χ3n) is 19.6. The van der Waals surface area contributed by atoms with Gasteiger partial charge >= 0.3 is 23.9 Å². The lowest BCUT2D eigenvalue weighted by Gasteiger charge is -2.61. The molecule has 4 aliphatic rings. The Morgan fingerprint density at radius 3 is 1.56 bits per heavy atom. The van der Waals surface area contributed by atoms with Crippen LogP contribution in [-0.2, 0) is 12.8 Å². The van der Waals surface area contributed by atoms with Crippen LogP contribution in [0.3, 0.4) is 0 Å². The molecule has 0 aliphatic heterocycles. The Balaban J connectivity index is 1.15. The zero-order chi connectivity index (χ0) is 57.2. The molecule has 426 valence electrons. The van der Waals surface area contributed by atoms with Crippen LogP contribution in [0.1, 0.15) is 199 Å². The Bertz CT molecular complexity index is 2850. The molecule has 4 aliphatic carbocycles. The van der Waals surface area contributed by atoms with E-state index in [-0.39, 0.29) is 68.1 Å². The summed E-state index contributed by atoms with van der Waals surface area (Å²) >= 11 is 13.2. The summed E-state index contributed by atoms with van der Waals surface area (Å²) < 4.78 is 22.2. The fourth-order valence-electron chi connectivity index (χ4n) is 15.9. The monoisotopic (exact) mass is 1120 g/mol. The fourth-order valence-corrected chi connectivity index (χ4v) is 16.6. The lowest BCUT2D eigenvalue weighted by molar-refractivity contribution is -0.121. The molecule has 0 saturated heterocycles. The molecular weight excluding hydrogens is 1040 g/mol. The molecular formula is C65H80Cl2O12. The predicted molar refractivity (Wildman–Crippen MR) is 308 cm³/mol. The lowest BCUT2D eigenvalue weighted by Crippen LogP contribution is -2.53. The maximum atomic E-state index is 13.3. The van der Waals surface area contributed by atoms with Crippen molar-refractivity contribution in [3.63, 3.8) is 0 Å². The van der Waals surface area contributed by atoms with E-state index in [1.165, 1.54) is 117 Å². The number of ether oxygens (including phenoxy) is 4. The van der Waals surface area contributed by atoms with Gasteiger partial charge in [-0.2, -0.15) is 0 Å². The second-order valence-electron chi connectivity index (χ2n) is 24.3. The van der Waals surface area contributed by atoms with Crippen molar-refractivity contribution in [1.29, 1.82) is 0 Å². The third-order valence-corrected chi connectivity index (χ3v) is 20.1. The largest absolute Gasteiger partial charge is 0.496 e. The number of aromatic carboxylic acids is 4. The second-order valence-corrected chi connectivity index (χ2v) is 25.2. The summed E-state index contributed by atoms with van der Waals surface area (Å²) in [6.07, 6.45) is 19.0. The molecule has 0 aromatic heterocycles. The van der Waals surface area contributed by atoms with E-state index in [1.807, 2.05) is 0 Å². The van der Waals surface area contributed by atoms with Crippen molar-refractivity contribution in [3.05, 3.63) is 120 Å².